The number of methoxy groups -OCH3 is 3. The number of carbonyl (C=O) groups excluding carboxylic acids is 2. The first-order valence-electron chi connectivity index (χ1n) is 9.37. The summed E-state index contributed by atoms with van der Waals surface area (Å²) in [6.07, 6.45) is 1.22. The average molecular weight is 451 g/mol. The maximum atomic E-state index is 13.2. The lowest BCUT2D eigenvalue weighted by Crippen LogP contribution is -2.47. The lowest BCUT2D eigenvalue weighted by molar-refractivity contribution is -0.117. The van der Waals surface area contributed by atoms with Crippen LogP contribution < -0.4 is 19.1 Å². The van der Waals surface area contributed by atoms with Gasteiger partial charge in [0.2, 0.25) is 15.9 Å². The van der Waals surface area contributed by atoms with Crippen molar-refractivity contribution < 1.29 is 32.2 Å². The van der Waals surface area contributed by atoms with Crippen LogP contribution in [0.15, 0.2) is 42.5 Å². The van der Waals surface area contributed by atoms with Gasteiger partial charge < -0.3 is 19.5 Å². The molecule has 9 nitrogen and oxygen atoms in total. The van der Waals surface area contributed by atoms with Gasteiger partial charge in [-0.25, -0.2) is 13.2 Å². The maximum absolute atomic E-state index is 13.2. The highest BCUT2D eigenvalue weighted by molar-refractivity contribution is 7.92. The molecule has 0 aliphatic carbocycles. The van der Waals surface area contributed by atoms with Crippen LogP contribution in [0.1, 0.15) is 23.7 Å². The minimum Gasteiger partial charge on any atom is -0.493 e. The van der Waals surface area contributed by atoms with Gasteiger partial charge in [-0.15, -0.1) is 0 Å². The molecule has 0 bridgehead atoms. The summed E-state index contributed by atoms with van der Waals surface area (Å²) in [5.74, 6) is -0.766. The van der Waals surface area contributed by atoms with Crippen molar-refractivity contribution in [3.63, 3.8) is 0 Å². The number of rotatable bonds is 9. The van der Waals surface area contributed by atoms with E-state index in [2.05, 4.69) is 5.32 Å². The highest BCUT2D eigenvalue weighted by Crippen LogP contribution is 2.34. The van der Waals surface area contributed by atoms with Gasteiger partial charge in [0.15, 0.2) is 11.5 Å². The Morgan fingerprint density at radius 1 is 1.03 bits per heavy atom. The zero-order valence-corrected chi connectivity index (χ0v) is 18.9. The SMILES string of the molecule is CCC(C(=O)Nc1cc(OC)c(OC)cc1C(=O)OC)N(c1ccccc1)S(C)(=O)=O. The summed E-state index contributed by atoms with van der Waals surface area (Å²) in [6.45, 7) is 1.70. The third-order valence-corrected chi connectivity index (χ3v) is 5.71. The molecular formula is C21H26N2O7S. The molecule has 2 rings (SSSR count). The lowest BCUT2D eigenvalue weighted by Gasteiger charge is -2.30. The van der Waals surface area contributed by atoms with Gasteiger partial charge in [-0.05, 0) is 18.6 Å². The van der Waals surface area contributed by atoms with Gasteiger partial charge in [-0.3, -0.25) is 9.10 Å². The summed E-state index contributed by atoms with van der Waals surface area (Å²) < 4.78 is 41.4. The van der Waals surface area contributed by atoms with E-state index in [1.165, 1.54) is 33.5 Å². The van der Waals surface area contributed by atoms with Crippen molar-refractivity contribution in [2.45, 2.75) is 19.4 Å². The van der Waals surface area contributed by atoms with Crippen molar-refractivity contribution in [2.75, 3.05) is 37.2 Å². The molecule has 1 amide bonds. The Labute approximate surface area is 182 Å². The van der Waals surface area contributed by atoms with Crippen molar-refractivity contribution in [1.82, 2.24) is 0 Å². The number of nitrogens with zero attached hydrogens (tertiary/aromatic N) is 1. The number of hydrogen-bond donors (Lipinski definition) is 1. The Morgan fingerprint density at radius 2 is 1.61 bits per heavy atom. The smallest absolute Gasteiger partial charge is 0.340 e. The van der Waals surface area contributed by atoms with Gasteiger partial charge >= 0.3 is 5.97 Å². The first kappa shape index (κ1) is 24.0. The molecule has 0 spiro atoms. The van der Waals surface area contributed by atoms with Crippen molar-refractivity contribution in [3.8, 4) is 11.5 Å². The van der Waals surface area contributed by atoms with E-state index in [9.17, 15) is 18.0 Å². The fourth-order valence-corrected chi connectivity index (χ4v) is 4.32. The van der Waals surface area contributed by atoms with Crippen LogP contribution in [0.25, 0.3) is 0 Å². The highest BCUT2D eigenvalue weighted by atomic mass is 32.2. The number of carbonyl (C=O) groups is 2. The molecule has 0 saturated carbocycles. The Hall–Kier alpha value is -3.27. The van der Waals surface area contributed by atoms with Crippen LogP contribution in [-0.2, 0) is 19.6 Å². The molecule has 0 saturated heterocycles. The van der Waals surface area contributed by atoms with Crippen LogP contribution in [0.5, 0.6) is 11.5 Å². The van der Waals surface area contributed by atoms with Gasteiger partial charge in [0.05, 0.1) is 44.5 Å². The van der Waals surface area contributed by atoms with Crippen molar-refractivity contribution >= 4 is 33.3 Å². The van der Waals surface area contributed by atoms with Gasteiger partial charge in [0.25, 0.3) is 0 Å². The minimum absolute atomic E-state index is 0.0361. The Bertz CT molecular complexity index is 1040. The van der Waals surface area contributed by atoms with Crippen molar-refractivity contribution in [1.29, 1.82) is 0 Å². The number of nitrogens with one attached hydrogen (secondary N) is 1. The normalized spacial score (nSPS) is 11.9. The third-order valence-electron chi connectivity index (χ3n) is 4.53. The second kappa shape index (κ2) is 10.2. The summed E-state index contributed by atoms with van der Waals surface area (Å²) >= 11 is 0. The number of sulfonamides is 1. The molecule has 168 valence electrons. The van der Waals surface area contributed by atoms with Crippen LogP contribution in [-0.4, -0.2) is 53.9 Å². The molecule has 2 aromatic rings. The highest BCUT2D eigenvalue weighted by Gasteiger charge is 2.32. The van der Waals surface area contributed by atoms with Gasteiger partial charge in [-0.2, -0.15) is 0 Å². The van der Waals surface area contributed by atoms with E-state index in [0.717, 1.165) is 10.6 Å². The van der Waals surface area contributed by atoms with E-state index in [-0.39, 0.29) is 29.2 Å². The number of benzene rings is 2. The molecule has 0 radical (unpaired) electrons. The van der Waals surface area contributed by atoms with Crippen LogP contribution in [0.2, 0.25) is 0 Å². The molecule has 1 unspecified atom stereocenters. The summed E-state index contributed by atoms with van der Waals surface area (Å²) in [7, 11) is 0.248. The zero-order valence-electron chi connectivity index (χ0n) is 18.0. The van der Waals surface area contributed by atoms with E-state index >= 15 is 0 Å². The average Bonchev–Trinajstić information content (AvgIpc) is 2.75. The second-order valence-electron chi connectivity index (χ2n) is 6.55. The maximum Gasteiger partial charge on any atom is 0.340 e. The molecule has 1 atom stereocenters. The van der Waals surface area contributed by atoms with E-state index in [1.807, 2.05) is 0 Å². The first-order chi connectivity index (χ1) is 14.7. The summed E-state index contributed by atoms with van der Waals surface area (Å²) in [5.41, 5.74) is 0.496. The molecule has 31 heavy (non-hydrogen) atoms. The standard InChI is InChI=1S/C21H26N2O7S/c1-6-17(23(31(5,26)27)14-10-8-7-9-11-14)20(24)22-16-13-19(29-3)18(28-2)12-15(16)21(25)30-4/h7-13,17H,6H2,1-5H3,(H,22,24). The van der Waals surface area contributed by atoms with E-state index in [0.29, 0.717) is 5.69 Å². The van der Waals surface area contributed by atoms with Gasteiger partial charge in [0, 0.05) is 12.1 Å². The molecule has 0 aromatic heterocycles. The molecule has 0 aliphatic rings. The molecule has 1 N–H and O–H groups in total. The largest absolute Gasteiger partial charge is 0.493 e. The topological polar surface area (TPSA) is 111 Å². The van der Waals surface area contributed by atoms with Crippen molar-refractivity contribution in [3.05, 3.63) is 48.0 Å². The first-order valence-corrected chi connectivity index (χ1v) is 11.2. The van der Waals surface area contributed by atoms with E-state index in [1.54, 1.807) is 37.3 Å². The number of ether oxygens (including phenoxy) is 3. The molecule has 10 heteroatoms. The van der Waals surface area contributed by atoms with Gasteiger partial charge in [-0.1, -0.05) is 25.1 Å². The summed E-state index contributed by atoms with van der Waals surface area (Å²) in [4.78, 5) is 25.4. The quantitative estimate of drug-likeness (QED) is 0.585. The summed E-state index contributed by atoms with van der Waals surface area (Å²) in [6, 6.07) is 10.1. The monoisotopic (exact) mass is 450 g/mol. The molecule has 0 fully saturated rings. The van der Waals surface area contributed by atoms with Crippen LogP contribution in [0, 0.1) is 0 Å². The fraction of sp³-hybridized carbons (Fsp3) is 0.333. The van der Waals surface area contributed by atoms with E-state index in [4.69, 9.17) is 14.2 Å². The van der Waals surface area contributed by atoms with E-state index < -0.39 is 27.9 Å². The predicted molar refractivity (Wildman–Crippen MR) is 117 cm³/mol. The van der Waals surface area contributed by atoms with Crippen LogP contribution in [0.3, 0.4) is 0 Å². The molecule has 0 heterocycles. The molecule has 2 aromatic carbocycles. The number of para-hydroxylation sites is 1. The van der Waals surface area contributed by atoms with Crippen LogP contribution in [0.4, 0.5) is 11.4 Å². The Balaban J connectivity index is 2.51. The Morgan fingerprint density at radius 3 is 2.10 bits per heavy atom. The number of amides is 1. The second-order valence-corrected chi connectivity index (χ2v) is 8.41. The Kier molecular flexibility index (Phi) is 7.87. The van der Waals surface area contributed by atoms with Crippen LogP contribution >= 0.6 is 0 Å². The van der Waals surface area contributed by atoms with Gasteiger partial charge in [0.1, 0.15) is 6.04 Å². The van der Waals surface area contributed by atoms with Crippen molar-refractivity contribution in [2.24, 2.45) is 0 Å². The zero-order chi connectivity index (χ0) is 23.2. The minimum atomic E-state index is -3.79. The third kappa shape index (κ3) is 5.46. The number of anilines is 2. The number of hydrogen-bond acceptors (Lipinski definition) is 7. The predicted octanol–water partition coefficient (Wildman–Crippen LogP) is 2.67. The fourth-order valence-electron chi connectivity index (χ4n) is 3.11. The summed E-state index contributed by atoms with van der Waals surface area (Å²) in [5, 5.41) is 2.64. The number of esters is 1. The lowest BCUT2D eigenvalue weighted by atomic mass is 10.1. The molecular weight excluding hydrogens is 424 g/mol. The molecule has 0 aliphatic heterocycles.